The van der Waals surface area contributed by atoms with E-state index >= 15 is 0 Å². The minimum atomic E-state index is -1.16. The van der Waals surface area contributed by atoms with Gasteiger partial charge in [-0.2, -0.15) is 0 Å². The van der Waals surface area contributed by atoms with E-state index in [2.05, 4.69) is 0 Å². The molecule has 2 rings (SSSR count). The van der Waals surface area contributed by atoms with E-state index in [1.165, 1.54) is 17.8 Å². The second kappa shape index (κ2) is 6.43. The number of amides is 1. The number of benzene rings is 1. The zero-order valence-electron chi connectivity index (χ0n) is 11.4. The van der Waals surface area contributed by atoms with Crippen LogP contribution in [-0.4, -0.2) is 39.1 Å². The maximum Gasteiger partial charge on any atom is 0.327 e. The molecular formula is C14H15F2NO3S. The number of aliphatic carboxylic acids is 1. The lowest BCUT2D eigenvalue weighted by Crippen LogP contribution is -2.46. The first kappa shape index (κ1) is 15.8. The number of carboxylic acid groups (broad SMARTS) is 1. The Labute approximate surface area is 125 Å². The molecule has 1 N–H and O–H groups in total. The van der Waals surface area contributed by atoms with Gasteiger partial charge < -0.3 is 10.0 Å². The van der Waals surface area contributed by atoms with Crippen LogP contribution in [0.2, 0.25) is 0 Å². The first-order chi connectivity index (χ1) is 9.97. The van der Waals surface area contributed by atoms with E-state index in [1.54, 1.807) is 0 Å². The van der Waals surface area contributed by atoms with Crippen molar-refractivity contribution in [2.75, 3.05) is 5.75 Å². The molecule has 0 saturated carbocycles. The first-order valence-corrected chi connectivity index (χ1v) is 7.63. The van der Waals surface area contributed by atoms with Gasteiger partial charge in [-0.1, -0.05) is 19.4 Å². The molecule has 1 saturated heterocycles. The van der Waals surface area contributed by atoms with Crippen LogP contribution in [0.5, 0.6) is 0 Å². The highest BCUT2D eigenvalue weighted by Gasteiger charge is 2.42. The van der Waals surface area contributed by atoms with Crippen molar-refractivity contribution in [3.05, 3.63) is 35.4 Å². The molecule has 0 aliphatic carbocycles. The number of carbonyl (C=O) groups excluding carboxylic acids is 1. The predicted molar refractivity (Wildman–Crippen MR) is 75.1 cm³/mol. The molecule has 2 atom stereocenters. The molecule has 2 unspecified atom stereocenters. The molecule has 4 nitrogen and oxygen atoms in total. The Morgan fingerprint density at radius 1 is 1.38 bits per heavy atom. The van der Waals surface area contributed by atoms with Crippen LogP contribution in [0.3, 0.4) is 0 Å². The third-order valence-corrected chi connectivity index (χ3v) is 4.68. The summed E-state index contributed by atoms with van der Waals surface area (Å²) in [5.74, 6) is -3.79. The number of hydrogen-bond acceptors (Lipinski definition) is 3. The molecule has 1 aromatic carbocycles. The fourth-order valence-electron chi connectivity index (χ4n) is 2.33. The number of thioether (sulfide) groups is 1. The molecule has 21 heavy (non-hydrogen) atoms. The lowest BCUT2D eigenvalue weighted by atomic mass is 10.1. The molecule has 0 radical (unpaired) electrons. The van der Waals surface area contributed by atoms with Crippen LogP contribution < -0.4 is 0 Å². The highest BCUT2D eigenvalue weighted by Crippen LogP contribution is 2.34. The van der Waals surface area contributed by atoms with Gasteiger partial charge in [0.25, 0.3) is 5.91 Å². The summed E-state index contributed by atoms with van der Waals surface area (Å²) in [7, 11) is 0. The van der Waals surface area contributed by atoms with Crippen molar-refractivity contribution >= 4 is 23.6 Å². The Balaban J connectivity index is 2.39. The highest BCUT2D eigenvalue weighted by atomic mass is 32.2. The summed E-state index contributed by atoms with van der Waals surface area (Å²) in [4.78, 5) is 24.8. The summed E-state index contributed by atoms with van der Waals surface area (Å²) in [6, 6.07) is 2.09. The highest BCUT2D eigenvalue weighted by molar-refractivity contribution is 8.00. The number of rotatable bonds is 4. The SMILES string of the molecule is CCCC1SCC(C(=O)O)N1C(=O)c1c(F)cccc1F. The fourth-order valence-corrected chi connectivity index (χ4v) is 3.84. The Bertz CT molecular complexity index is 547. The normalized spacial score (nSPS) is 21.6. The summed E-state index contributed by atoms with van der Waals surface area (Å²) in [6.45, 7) is 1.90. The Morgan fingerprint density at radius 3 is 2.52 bits per heavy atom. The lowest BCUT2D eigenvalue weighted by Gasteiger charge is -2.27. The van der Waals surface area contributed by atoms with Gasteiger partial charge in [-0.3, -0.25) is 4.79 Å². The molecule has 1 fully saturated rings. The standard InChI is InChI=1S/C14H15F2NO3S/c1-2-4-11-17(10(7-21-11)14(19)20)13(18)12-8(15)5-3-6-9(12)16/h3,5-6,10-11H,2,4,7H2,1H3,(H,19,20). The summed E-state index contributed by atoms with van der Waals surface area (Å²) in [6.07, 6.45) is 1.32. The third-order valence-electron chi connectivity index (χ3n) is 3.32. The van der Waals surface area contributed by atoms with Gasteiger partial charge in [-0.25, -0.2) is 13.6 Å². The first-order valence-electron chi connectivity index (χ1n) is 6.58. The van der Waals surface area contributed by atoms with E-state index in [0.717, 1.165) is 23.5 Å². The van der Waals surface area contributed by atoms with E-state index < -0.39 is 35.1 Å². The van der Waals surface area contributed by atoms with Crippen LogP contribution in [-0.2, 0) is 4.79 Å². The molecule has 7 heteroatoms. The number of hydrogen-bond donors (Lipinski definition) is 1. The summed E-state index contributed by atoms with van der Waals surface area (Å²) in [5.41, 5.74) is -0.688. The van der Waals surface area contributed by atoms with Crippen LogP contribution in [0.15, 0.2) is 18.2 Å². The topological polar surface area (TPSA) is 57.6 Å². The molecule has 0 spiro atoms. The molecule has 1 aliphatic rings. The van der Waals surface area contributed by atoms with Gasteiger partial charge in [0.2, 0.25) is 0 Å². The number of halogens is 2. The van der Waals surface area contributed by atoms with Crippen molar-refractivity contribution in [3.8, 4) is 0 Å². The second-order valence-corrected chi connectivity index (χ2v) is 5.95. The summed E-state index contributed by atoms with van der Waals surface area (Å²) < 4.78 is 27.5. The Hall–Kier alpha value is -1.63. The van der Waals surface area contributed by atoms with E-state index in [-0.39, 0.29) is 11.1 Å². The zero-order valence-corrected chi connectivity index (χ0v) is 12.2. The zero-order chi connectivity index (χ0) is 15.6. The van der Waals surface area contributed by atoms with Crippen molar-refractivity contribution in [2.24, 2.45) is 0 Å². The molecule has 1 aliphatic heterocycles. The lowest BCUT2D eigenvalue weighted by molar-refractivity contribution is -0.141. The van der Waals surface area contributed by atoms with Gasteiger partial charge in [0.1, 0.15) is 23.2 Å². The Morgan fingerprint density at radius 2 is 2.00 bits per heavy atom. The van der Waals surface area contributed by atoms with Crippen LogP contribution in [0, 0.1) is 11.6 Å². The third kappa shape index (κ3) is 3.02. The fraction of sp³-hybridized carbons (Fsp3) is 0.429. The number of nitrogens with zero attached hydrogens (tertiary/aromatic N) is 1. The maximum atomic E-state index is 13.8. The van der Waals surface area contributed by atoms with E-state index in [1.807, 2.05) is 6.92 Å². The van der Waals surface area contributed by atoms with Crippen molar-refractivity contribution in [1.29, 1.82) is 0 Å². The summed E-state index contributed by atoms with van der Waals surface area (Å²) in [5, 5.41) is 8.84. The monoisotopic (exact) mass is 315 g/mol. The van der Waals surface area contributed by atoms with Crippen molar-refractivity contribution < 1.29 is 23.5 Å². The molecule has 1 heterocycles. The van der Waals surface area contributed by atoms with Gasteiger partial charge in [-0.15, -0.1) is 11.8 Å². The minimum Gasteiger partial charge on any atom is -0.480 e. The maximum absolute atomic E-state index is 13.8. The van der Waals surface area contributed by atoms with Crippen LogP contribution >= 0.6 is 11.8 Å². The van der Waals surface area contributed by atoms with Gasteiger partial charge in [-0.05, 0) is 18.6 Å². The number of carbonyl (C=O) groups is 2. The smallest absolute Gasteiger partial charge is 0.327 e. The van der Waals surface area contributed by atoms with Crippen molar-refractivity contribution in [2.45, 2.75) is 31.2 Å². The van der Waals surface area contributed by atoms with Gasteiger partial charge in [0, 0.05) is 5.75 Å². The molecule has 114 valence electrons. The minimum absolute atomic E-state index is 0.224. The van der Waals surface area contributed by atoms with Crippen LogP contribution in [0.4, 0.5) is 8.78 Å². The van der Waals surface area contributed by atoms with E-state index in [9.17, 15) is 23.5 Å². The van der Waals surface area contributed by atoms with Gasteiger partial charge in [0.05, 0.1) is 5.37 Å². The van der Waals surface area contributed by atoms with Crippen LogP contribution in [0.1, 0.15) is 30.1 Å². The quantitative estimate of drug-likeness (QED) is 0.928. The van der Waals surface area contributed by atoms with Gasteiger partial charge in [0.15, 0.2) is 0 Å². The average molecular weight is 315 g/mol. The predicted octanol–water partition coefficient (Wildman–Crippen LogP) is 2.73. The van der Waals surface area contributed by atoms with E-state index in [4.69, 9.17) is 0 Å². The molecule has 1 amide bonds. The molecule has 0 bridgehead atoms. The molecular weight excluding hydrogens is 300 g/mol. The number of carboxylic acids is 1. The molecule has 1 aromatic rings. The van der Waals surface area contributed by atoms with E-state index in [0.29, 0.717) is 6.42 Å². The molecule has 0 aromatic heterocycles. The Kier molecular flexibility index (Phi) is 4.82. The average Bonchev–Trinajstić information content (AvgIpc) is 2.82. The van der Waals surface area contributed by atoms with Gasteiger partial charge >= 0.3 is 5.97 Å². The largest absolute Gasteiger partial charge is 0.480 e. The van der Waals surface area contributed by atoms with Crippen molar-refractivity contribution in [3.63, 3.8) is 0 Å². The summed E-state index contributed by atoms with van der Waals surface area (Å²) >= 11 is 1.33. The second-order valence-electron chi connectivity index (χ2n) is 4.74. The van der Waals surface area contributed by atoms with Crippen LogP contribution in [0.25, 0.3) is 0 Å². The van der Waals surface area contributed by atoms with Crippen molar-refractivity contribution in [1.82, 2.24) is 4.90 Å².